The smallest absolute Gasteiger partial charge is 0.303 e. The van der Waals surface area contributed by atoms with Gasteiger partial charge in [-0.2, -0.15) is 0 Å². The number of ether oxygens (including phenoxy) is 1. The monoisotopic (exact) mass is 212 g/mol. The average Bonchev–Trinajstić information content (AvgIpc) is 2.17. The third-order valence-electron chi connectivity index (χ3n) is 4.06. The molecule has 0 bridgehead atoms. The highest BCUT2D eigenvalue weighted by molar-refractivity contribution is 5.66. The number of fused-ring (bicyclic) bond motifs is 1. The van der Waals surface area contributed by atoms with E-state index < -0.39 is 0 Å². The molecule has 3 atom stereocenters. The predicted octanol–water partition coefficient (Wildman–Crippen LogP) is 0.397. The Morgan fingerprint density at radius 1 is 1.40 bits per heavy atom. The fraction of sp³-hybridized carbons (Fsp3) is 0.917. The Morgan fingerprint density at radius 2 is 2.20 bits per heavy atom. The first-order valence-electron chi connectivity index (χ1n) is 6.13. The molecule has 86 valence electrons. The number of quaternary nitrogens is 1. The summed E-state index contributed by atoms with van der Waals surface area (Å²) < 4.78 is 5.68. The van der Waals surface area contributed by atoms with E-state index in [1.165, 1.54) is 25.8 Å². The minimum atomic E-state index is -0.0959. The maximum Gasteiger partial charge on any atom is 0.303 e. The van der Waals surface area contributed by atoms with Crippen LogP contribution in [0.4, 0.5) is 0 Å². The molecule has 1 heterocycles. The van der Waals surface area contributed by atoms with E-state index in [4.69, 9.17) is 4.74 Å². The lowest BCUT2D eigenvalue weighted by Crippen LogP contribution is -3.12. The van der Waals surface area contributed by atoms with Crippen LogP contribution in [0.5, 0.6) is 0 Å². The zero-order valence-electron chi connectivity index (χ0n) is 9.84. The van der Waals surface area contributed by atoms with Crippen molar-refractivity contribution in [3.8, 4) is 0 Å². The van der Waals surface area contributed by atoms with Crippen molar-refractivity contribution < 1.29 is 14.4 Å². The molecule has 3 heteroatoms. The van der Waals surface area contributed by atoms with E-state index in [-0.39, 0.29) is 11.6 Å². The molecule has 1 unspecified atom stereocenters. The standard InChI is InChI=1S/C12H21NO2/c1-10(14)15-12-6-4-3-5-11(12)9-13(2)8-7-12/h11H,3-9H2,1-2H3/p+1/t11-,12-/m1/s1. The van der Waals surface area contributed by atoms with Crippen LogP contribution in [0.1, 0.15) is 39.0 Å². The third-order valence-corrected chi connectivity index (χ3v) is 4.06. The van der Waals surface area contributed by atoms with Crippen molar-refractivity contribution in [3.63, 3.8) is 0 Å². The molecule has 0 aromatic carbocycles. The summed E-state index contributed by atoms with van der Waals surface area (Å²) in [6.07, 6.45) is 5.92. The van der Waals surface area contributed by atoms with Crippen molar-refractivity contribution in [3.05, 3.63) is 0 Å². The lowest BCUT2D eigenvalue weighted by molar-refractivity contribution is -0.892. The average molecular weight is 212 g/mol. The van der Waals surface area contributed by atoms with Crippen LogP contribution in [0.25, 0.3) is 0 Å². The molecular formula is C12H22NO2+. The quantitative estimate of drug-likeness (QED) is 0.638. The summed E-state index contributed by atoms with van der Waals surface area (Å²) in [5.41, 5.74) is -0.0937. The zero-order valence-corrected chi connectivity index (χ0v) is 9.84. The van der Waals surface area contributed by atoms with Crippen LogP contribution in [0.2, 0.25) is 0 Å². The van der Waals surface area contributed by atoms with E-state index in [2.05, 4.69) is 7.05 Å². The minimum Gasteiger partial charge on any atom is -0.458 e. The number of esters is 1. The summed E-state index contributed by atoms with van der Waals surface area (Å²) in [5.74, 6) is 0.505. The summed E-state index contributed by atoms with van der Waals surface area (Å²) in [6, 6.07) is 0. The van der Waals surface area contributed by atoms with E-state index in [0.29, 0.717) is 5.92 Å². The fourth-order valence-electron chi connectivity index (χ4n) is 3.32. The topological polar surface area (TPSA) is 30.7 Å². The SMILES string of the molecule is CC(=O)O[C@@]12CCCC[C@@H]1C[NH+](C)CC2. The largest absolute Gasteiger partial charge is 0.458 e. The second kappa shape index (κ2) is 4.12. The Kier molecular flexibility index (Phi) is 3.01. The van der Waals surface area contributed by atoms with Gasteiger partial charge in [0.15, 0.2) is 0 Å². The van der Waals surface area contributed by atoms with Gasteiger partial charge in [-0.1, -0.05) is 6.42 Å². The normalized spacial score (nSPS) is 40.7. The van der Waals surface area contributed by atoms with Gasteiger partial charge < -0.3 is 9.64 Å². The van der Waals surface area contributed by atoms with Gasteiger partial charge in [0.2, 0.25) is 0 Å². The first-order chi connectivity index (χ1) is 7.12. The zero-order chi connectivity index (χ0) is 10.9. The molecule has 0 aromatic heterocycles. The molecule has 2 aliphatic rings. The molecule has 15 heavy (non-hydrogen) atoms. The number of hydrogen-bond acceptors (Lipinski definition) is 2. The van der Waals surface area contributed by atoms with Crippen molar-refractivity contribution >= 4 is 5.97 Å². The van der Waals surface area contributed by atoms with Gasteiger partial charge in [-0.25, -0.2) is 0 Å². The van der Waals surface area contributed by atoms with Crippen LogP contribution in [-0.4, -0.2) is 31.7 Å². The number of rotatable bonds is 1. The Hall–Kier alpha value is -0.570. The maximum absolute atomic E-state index is 11.2. The lowest BCUT2D eigenvalue weighted by Gasteiger charge is -2.46. The molecular weight excluding hydrogens is 190 g/mol. The Labute approximate surface area is 91.8 Å². The summed E-state index contributed by atoms with van der Waals surface area (Å²) in [7, 11) is 2.24. The number of nitrogens with one attached hydrogen (secondary N) is 1. The molecule has 1 aliphatic carbocycles. The van der Waals surface area contributed by atoms with Crippen molar-refractivity contribution in [1.82, 2.24) is 0 Å². The van der Waals surface area contributed by atoms with E-state index in [1.54, 1.807) is 11.8 Å². The van der Waals surface area contributed by atoms with Gasteiger partial charge in [-0.3, -0.25) is 4.79 Å². The number of hydrogen-bond donors (Lipinski definition) is 1. The molecule has 1 saturated carbocycles. The van der Waals surface area contributed by atoms with Crippen LogP contribution < -0.4 is 4.90 Å². The number of carbonyl (C=O) groups excluding carboxylic acids is 1. The Bertz CT molecular complexity index is 254. The molecule has 0 radical (unpaired) electrons. The predicted molar refractivity (Wildman–Crippen MR) is 57.7 cm³/mol. The number of carbonyl (C=O) groups is 1. The van der Waals surface area contributed by atoms with Gasteiger partial charge in [-0.05, 0) is 19.3 Å². The van der Waals surface area contributed by atoms with Crippen LogP contribution in [0.15, 0.2) is 0 Å². The highest BCUT2D eigenvalue weighted by atomic mass is 16.6. The van der Waals surface area contributed by atoms with Crippen molar-refractivity contribution in [1.29, 1.82) is 0 Å². The summed E-state index contributed by atoms with van der Waals surface area (Å²) in [6.45, 7) is 3.86. The van der Waals surface area contributed by atoms with Crippen molar-refractivity contribution in [2.75, 3.05) is 20.1 Å². The molecule has 0 spiro atoms. The molecule has 0 aromatic rings. The Morgan fingerprint density at radius 3 is 2.93 bits per heavy atom. The van der Waals surface area contributed by atoms with Gasteiger partial charge in [0.1, 0.15) is 5.60 Å². The Balaban J connectivity index is 2.12. The fourth-order valence-corrected chi connectivity index (χ4v) is 3.32. The van der Waals surface area contributed by atoms with E-state index >= 15 is 0 Å². The summed E-state index contributed by atoms with van der Waals surface area (Å²) >= 11 is 0. The van der Waals surface area contributed by atoms with Crippen LogP contribution in [-0.2, 0) is 9.53 Å². The second-order valence-electron chi connectivity index (χ2n) is 5.26. The van der Waals surface area contributed by atoms with Gasteiger partial charge in [-0.15, -0.1) is 0 Å². The maximum atomic E-state index is 11.2. The van der Waals surface area contributed by atoms with Gasteiger partial charge >= 0.3 is 5.97 Å². The third kappa shape index (κ3) is 2.17. The molecule has 2 rings (SSSR count). The molecule has 1 N–H and O–H groups in total. The van der Waals surface area contributed by atoms with Crippen LogP contribution >= 0.6 is 0 Å². The van der Waals surface area contributed by atoms with E-state index in [0.717, 1.165) is 19.4 Å². The molecule has 3 nitrogen and oxygen atoms in total. The molecule has 1 saturated heterocycles. The minimum absolute atomic E-state index is 0.0937. The van der Waals surface area contributed by atoms with Crippen LogP contribution in [0.3, 0.4) is 0 Å². The lowest BCUT2D eigenvalue weighted by atomic mass is 9.71. The van der Waals surface area contributed by atoms with Crippen LogP contribution in [0, 0.1) is 5.92 Å². The number of likely N-dealkylation sites (tertiary alicyclic amines) is 1. The van der Waals surface area contributed by atoms with E-state index in [9.17, 15) is 4.79 Å². The second-order valence-corrected chi connectivity index (χ2v) is 5.26. The van der Waals surface area contributed by atoms with Gasteiger partial charge in [0.05, 0.1) is 20.1 Å². The first kappa shape index (κ1) is 10.9. The highest BCUT2D eigenvalue weighted by Gasteiger charge is 2.48. The van der Waals surface area contributed by atoms with Crippen molar-refractivity contribution in [2.45, 2.75) is 44.6 Å². The molecule has 1 aliphatic heterocycles. The molecule has 0 amide bonds. The number of piperidine rings is 1. The van der Waals surface area contributed by atoms with Gasteiger partial charge in [0, 0.05) is 19.3 Å². The van der Waals surface area contributed by atoms with E-state index in [1.807, 2.05) is 0 Å². The van der Waals surface area contributed by atoms with Crippen molar-refractivity contribution in [2.24, 2.45) is 5.92 Å². The summed E-state index contributed by atoms with van der Waals surface area (Å²) in [4.78, 5) is 12.8. The highest BCUT2D eigenvalue weighted by Crippen LogP contribution is 2.39. The summed E-state index contributed by atoms with van der Waals surface area (Å²) in [5, 5.41) is 0. The molecule has 2 fully saturated rings. The first-order valence-corrected chi connectivity index (χ1v) is 6.13. The van der Waals surface area contributed by atoms with Gasteiger partial charge in [0.25, 0.3) is 0 Å².